The van der Waals surface area contributed by atoms with Crippen LogP contribution >= 0.6 is 11.6 Å². The summed E-state index contributed by atoms with van der Waals surface area (Å²) in [5, 5.41) is 24.2. The van der Waals surface area contributed by atoms with Crippen molar-refractivity contribution < 1.29 is 28.9 Å². The van der Waals surface area contributed by atoms with E-state index in [1.165, 1.54) is 0 Å². The topological polar surface area (TPSA) is 85.2 Å². The Labute approximate surface area is 250 Å². The summed E-state index contributed by atoms with van der Waals surface area (Å²) in [5.74, 6) is -1.13. The molecule has 2 aliphatic carbocycles. The quantitative estimate of drug-likeness (QED) is 0.140. The highest BCUT2D eigenvalue weighted by molar-refractivity contribution is 6.74. The van der Waals surface area contributed by atoms with Crippen LogP contribution in [0, 0.1) is 11.8 Å². The fraction of sp³-hybridized carbons (Fsp3) is 0.545. The van der Waals surface area contributed by atoms with E-state index in [1.807, 2.05) is 43.3 Å². The maximum Gasteiger partial charge on any atom is 0.338 e. The van der Waals surface area contributed by atoms with Gasteiger partial charge in [-0.2, -0.15) is 0 Å². The Morgan fingerprint density at radius 3 is 2.49 bits per heavy atom. The first-order valence-electron chi connectivity index (χ1n) is 14.6. The molecule has 8 heteroatoms. The molecule has 6 nitrogen and oxygen atoms in total. The highest BCUT2D eigenvalue weighted by Crippen LogP contribution is 2.49. The predicted octanol–water partition coefficient (Wildman–Crippen LogP) is 6.94. The molecule has 0 spiro atoms. The molecular formula is C33H45ClO6Si. The predicted molar refractivity (Wildman–Crippen MR) is 164 cm³/mol. The summed E-state index contributed by atoms with van der Waals surface area (Å²) in [5.41, 5.74) is 1.02. The number of esters is 1. The van der Waals surface area contributed by atoms with Gasteiger partial charge in [0.05, 0.1) is 30.0 Å². The Bertz CT molecular complexity index is 1220. The molecule has 2 N–H and O–H groups in total. The SMILES string of the molecule is CC(C)(C)[Si](C)(C)O[C@@H]1C[C@](C)(O)[C@@H]2C[C@@H](OC(=O)c3cccc(Cl)c3)C=C2[C@@H](O)[C@@H]1CCOCc1ccccc1. The highest BCUT2D eigenvalue weighted by atomic mass is 35.5. The van der Waals surface area contributed by atoms with Crippen LogP contribution in [-0.4, -0.2) is 55.0 Å². The van der Waals surface area contributed by atoms with Gasteiger partial charge >= 0.3 is 5.97 Å². The van der Waals surface area contributed by atoms with Crippen LogP contribution < -0.4 is 0 Å². The van der Waals surface area contributed by atoms with Gasteiger partial charge in [0.1, 0.15) is 6.10 Å². The molecule has 1 fully saturated rings. The lowest BCUT2D eigenvalue weighted by Crippen LogP contribution is -2.49. The lowest BCUT2D eigenvalue weighted by atomic mass is 9.82. The average molecular weight is 601 g/mol. The maximum atomic E-state index is 12.9. The molecular weight excluding hydrogens is 556 g/mol. The Balaban J connectivity index is 1.56. The number of carbonyl (C=O) groups excluding carboxylic acids is 1. The molecule has 0 radical (unpaired) electrons. The lowest BCUT2D eigenvalue weighted by Gasteiger charge is -2.43. The second-order valence-corrected chi connectivity index (χ2v) is 18.5. The lowest BCUT2D eigenvalue weighted by molar-refractivity contribution is -0.0431. The number of aliphatic hydroxyl groups excluding tert-OH is 1. The summed E-state index contributed by atoms with van der Waals surface area (Å²) < 4.78 is 18.8. The van der Waals surface area contributed by atoms with E-state index in [9.17, 15) is 15.0 Å². The van der Waals surface area contributed by atoms with E-state index in [1.54, 1.807) is 24.3 Å². The van der Waals surface area contributed by atoms with Crippen LogP contribution in [0.3, 0.4) is 0 Å². The summed E-state index contributed by atoms with van der Waals surface area (Å²) in [6.45, 7) is 13.7. The molecule has 2 aromatic carbocycles. The molecule has 0 amide bonds. The van der Waals surface area contributed by atoms with Crippen LogP contribution in [0.2, 0.25) is 23.2 Å². The molecule has 2 aromatic rings. The zero-order chi connectivity index (χ0) is 30.0. The summed E-state index contributed by atoms with van der Waals surface area (Å²) in [7, 11) is -2.23. The van der Waals surface area contributed by atoms with Gasteiger partial charge in [-0.05, 0) is 73.3 Å². The molecule has 4 rings (SSSR count). The third kappa shape index (κ3) is 7.69. The van der Waals surface area contributed by atoms with Crippen molar-refractivity contribution in [2.24, 2.45) is 11.8 Å². The Morgan fingerprint density at radius 1 is 1.12 bits per heavy atom. The van der Waals surface area contributed by atoms with E-state index in [0.717, 1.165) is 5.56 Å². The molecule has 0 saturated heterocycles. The minimum absolute atomic E-state index is 0.0285. The van der Waals surface area contributed by atoms with Crippen molar-refractivity contribution in [3.05, 3.63) is 82.4 Å². The average Bonchev–Trinajstić information content (AvgIpc) is 3.30. The third-order valence-corrected chi connectivity index (χ3v) is 13.9. The first kappa shape index (κ1) is 31.9. The number of hydrogen-bond donors (Lipinski definition) is 2. The van der Waals surface area contributed by atoms with E-state index in [4.69, 9.17) is 25.5 Å². The second kappa shape index (κ2) is 12.7. The van der Waals surface area contributed by atoms with E-state index < -0.39 is 32.1 Å². The molecule has 41 heavy (non-hydrogen) atoms. The Morgan fingerprint density at radius 2 is 1.83 bits per heavy atom. The van der Waals surface area contributed by atoms with Gasteiger partial charge in [0.2, 0.25) is 0 Å². The molecule has 0 bridgehead atoms. The Kier molecular flexibility index (Phi) is 9.89. The van der Waals surface area contributed by atoms with Crippen LogP contribution in [0.15, 0.2) is 66.2 Å². The molecule has 2 aliphatic rings. The number of rotatable bonds is 9. The Hall–Kier alpha value is -2.00. The number of halogens is 1. The number of hydrogen-bond acceptors (Lipinski definition) is 6. The van der Waals surface area contributed by atoms with Crippen molar-refractivity contribution in [2.45, 2.75) is 95.6 Å². The largest absolute Gasteiger partial charge is 0.455 e. The van der Waals surface area contributed by atoms with Gasteiger partial charge in [-0.3, -0.25) is 0 Å². The van der Waals surface area contributed by atoms with Crippen molar-refractivity contribution in [1.29, 1.82) is 0 Å². The van der Waals surface area contributed by atoms with Crippen LogP contribution in [0.1, 0.15) is 62.9 Å². The van der Waals surface area contributed by atoms with E-state index in [0.29, 0.717) is 48.6 Å². The van der Waals surface area contributed by atoms with Gasteiger partial charge in [-0.1, -0.05) is 68.8 Å². The first-order valence-corrected chi connectivity index (χ1v) is 17.8. The minimum Gasteiger partial charge on any atom is -0.455 e. The molecule has 6 atom stereocenters. The minimum atomic E-state index is -2.23. The smallest absolute Gasteiger partial charge is 0.338 e. The molecule has 0 heterocycles. The van der Waals surface area contributed by atoms with E-state index in [2.05, 4.69) is 33.9 Å². The molecule has 1 saturated carbocycles. The summed E-state index contributed by atoms with van der Waals surface area (Å²) in [4.78, 5) is 12.9. The van der Waals surface area contributed by atoms with Gasteiger partial charge in [0.25, 0.3) is 0 Å². The number of fused-ring (bicyclic) bond motifs is 1. The fourth-order valence-corrected chi connectivity index (χ4v) is 7.31. The van der Waals surface area contributed by atoms with Gasteiger partial charge < -0.3 is 24.1 Å². The first-order chi connectivity index (χ1) is 19.2. The molecule has 224 valence electrons. The van der Waals surface area contributed by atoms with Crippen molar-refractivity contribution in [3.63, 3.8) is 0 Å². The summed E-state index contributed by atoms with van der Waals surface area (Å²) in [6.07, 6.45) is 1.40. The zero-order valence-electron chi connectivity index (χ0n) is 25.1. The van der Waals surface area contributed by atoms with Crippen molar-refractivity contribution in [1.82, 2.24) is 0 Å². The van der Waals surface area contributed by atoms with Gasteiger partial charge in [-0.25, -0.2) is 4.79 Å². The van der Waals surface area contributed by atoms with E-state index >= 15 is 0 Å². The fourth-order valence-electron chi connectivity index (χ4n) is 5.75. The van der Waals surface area contributed by atoms with Gasteiger partial charge in [0, 0.05) is 29.9 Å². The normalized spacial score (nSPS) is 28.5. The number of carbonyl (C=O) groups is 1. The zero-order valence-corrected chi connectivity index (χ0v) is 26.9. The molecule has 0 aromatic heterocycles. The maximum absolute atomic E-state index is 12.9. The highest BCUT2D eigenvalue weighted by Gasteiger charge is 2.52. The van der Waals surface area contributed by atoms with Gasteiger partial charge in [0.15, 0.2) is 8.32 Å². The second-order valence-electron chi connectivity index (χ2n) is 13.3. The standard InChI is InChI=1S/C33H45ClO6Si/c1-32(2,3)41(5,6)40-29-20-33(4,37)28-19-25(39-31(36)23-13-10-14-24(34)17-23)18-27(28)30(35)26(29)15-16-38-21-22-11-8-7-9-12-22/h7-14,17-18,25-26,28-30,35,37H,15-16,19-21H2,1-6H3/t25-,26+,28+,29+,30-,33-/m0/s1. The number of aliphatic hydroxyl groups is 2. The van der Waals surface area contributed by atoms with Crippen LogP contribution in [0.4, 0.5) is 0 Å². The summed E-state index contributed by atoms with van der Waals surface area (Å²) >= 11 is 6.07. The molecule has 0 unspecified atom stereocenters. The van der Waals surface area contributed by atoms with Crippen molar-refractivity contribution in [3.8, 4) is 0 Å². The van der Waals surface area contributed by atoms with Crippen LogP contribution in [0.25, 0.3) is 0 Å². The monoisotopic (exact) mass is 600 g/mol. The van der Waals surface area contributed by atoms with Crippen LogP contribution in [-0.2, 0) is 20.5 Å². The summed E-state index contributed by atoms with van der Waals surface area (Å²) in [6, 6.07) is 16.6. The van der Waals surface area contributed by atoms with E-state index in [-0.39, 0.29) is 23.0 Å². The third-order valence-electron chi connectivity index (χ3n) is 9.12. The van der Waals surface area contributed by atoms with Gasteiger partial charge in [-0.15, -0.1) is 0 Å². The van der Waals surface area contributed by atoms with Crippen molar-refractivity contribution in [2.75, 3.05) is 6.61 Å². The van der Waals surface area contributed by atoms with Crippen molar-refractivity contribution >= 4 is 25.9 Å². The molecule has 0 aliphatic heterocycles. The number of benzene rings is 2. The van der Waals surface area contributed by atoms with Crippen LogP contribution in [0.5, 0.6) is 0 Å². The number of ether oxygens (including phenoxy) is 2.